The quantitative estimate of drug-likeness (QED) is 0.0491. The standard InChI is InChI=1S/C60H92ClO8P/c1-42(2)22-21-23-43(3)50-29-30-51-49-28-27-47-39-48(31-33-59(47,8)52(49)32-34-60(50,51)9)68-70(66,69-54-26-19-18-25-53(54)61)67-35-20-16-14-12-10-11-13-15-17-24-44-36-45(40-57(4,5)55(62)63)38-46(37-44)41-58(6,7)56(64)65/h18-19,25-27,36-38,42-43,48-52H,10-17,20-24,28-35,39-41H2,1-9H3,(H,62,63)(H,64,65)/t43?,48-,49?,50?,51?,52?,59+,60-,70?/m1/s1. The Balaban J connectivity index is 0.943. The van der Waals surface area contributed by atoms with E-state index in [0.717, 1.165) is 136 Å². The number of phosphoric acid groups is 1. The van der Waals surface area contributed by atoms with E-state index < -0.39 is 30.6 Å². The van der Waals surface area contributed by atoms with Crippen molar-refractivity contribution in [1.29, 1.82) is 0 Å². The summed E-state index contributed by atoms with van der Waals surface area (Å²) in [5, 5.41) is 19.9. The summed E-state index contributed by atoms with van der Waals surface area (Å²) >= 11 is 6.52. The summed E-state index contributed by atoms with van der Waals surface area (Å²) in [6, 6.07) is 13.3. The Kier molecular flexibility index (Phi) is 19.9. The van der Waals surface area contributed by atoms with Gasteiger partial charge in [-0.05, 0) is 186 Å². The fourth-order valence-corrected chi connectivity index (χ4v) is 15.5. The molecule has 70 heavy (non-hydrogen) atoms. The molecular formula is C60H92ClO8P. The Morgan fingerprint density at radius 1 is 0.757 bits per heavy atom. The maximum absolute atomic E-state index is 14.6. The van der Waals surface area contributed by atoms with Crippen LogP contribution in [0, 0.1) is 57.2 Å². The number of carboxylic acids is 2. The van der Waals surface area contributed by atoms with Gasteiger partial charge in [-0.25, -0.2) is 4.57 Å². The Bertz CT molecular complexity index is 2080. The summed E-state index contributed by atoms with van der Waals surface area (Å²) in [7, 11) is -3.98. The molecule has 0 saturated heterocycles. The lowest BCUT2D eigenvalue weighted by Crippen LogP contribution is -2.51. The van der Waals surface area contributed by atoms with Crippen LogP contribution < -0.4 is 4.52 Å². The van der Waals surface area contributed by atoms with Gasteiger partial charge in [0, 0.05) is 0 Å². The number of phosphoric ester groups is 1. The number of rotatable bonds is 28. The minimum absolute atomic E-state index is 0.156. The number of benzene rings is 2. The van der Waals surface area contributed by atoms with Crippen LogP contribution in [-0.2, 0) is 42.5 Å². The van der Waals surface area contributed by atoms with Crippen molar-refractivity contribution >= 4 is 31.4 Å². The molecule has 10 heteroatoms. The molecule has 2 aromatic carbocycles. The van der Waals surface area contributed by atoms with Gasteiger partial charge in [-0.3, -0.25) is 18.6 Å². The first kappa shape index (κ1) is 56.7. The number of aliphatic carboxylic acids is 2. The number of hydrogen-bond donors (Lipinski definition) is 2. The van der Waals surface area contributed by atoms with Gasteiger partial charge in [-0.1, -0.05) is 152 Å². The molecule has 0 radical (unpaired) electrons. The summed E-state index contributed by atoms with van der Waals surface area (Å²) in [4.78, 5) is 23.8. The molecule has 6 rings (SSSR count). The SMILES string of the molecule is CC(C)CCCC(C)C1CCC2C3CC=C4C[C@H](OP(=O)(OCCCCCCCCCCCc5cc(CC(C)(C)C(=O)O)cc(CC(C)(C)C(=O)O)c5)Oc5ccccc5Cl)CC[C@]4(C)C3CC[C@]12C. The summed E-state index contributed by atoms with van der Waals surface area (Å²) in [6.07, 6.45) is 26.9. The molecule has 0 heterocycles. The maximum atomic E-state index is 14.6. The molecule has 3 saturated carbocycles. The first-order valence-corrected chi connectivity index (χ1v) is 29.5. The lowest BCUT2D eigenvalue weighted by atomic mass is 9.47. The van der Waals surface area contributed by atoms with E-state index in [2.05, 4.69) is 52.8 Å². The summed E-state index contributed by atoms with van der Waals surface area (Å²) < 4.78 is 33.3. The number of carboxylic acid groups (broad SMARTS) is 2. The number of para-hydroxylation sites is 1. The third-order valence-electron chi connectivity index (χ3n) is 18.0. The predicted octanol–water partition coefficient (Wildman–Crippen LogP) is 17.3. The van der Waals surface area contributed by atoms with Gasteiger partial charge in [0.1, 0.15) is 5.75 Å². The normalized spacial score (nSPS) is 27.0. The van der Waals surface area contributed by atoms with Crippen LogP contribution in [0.25, 0.3) is 0 Å². The van der Waals surface area contributed by atoms with E-state index in [0.29, 0.717) is 41.6 Å². The first-order valence-electron chi connectivity index (χ1n) is 27.7. The number of carbonyl (C=O) groups is 2. The number of halogens is 1. The fourth-order valence-electron chi connectivity index (χ4n) is 13.8. The van der Waals surface area contributed by atoms with Crippen LogP contribution in [0.4, 0.5) is 0 Å². The van der Waals surface area contributed by atoms with Gasteiger partial charge in [0.05, 0.1) is 28.6 Å². The van der Waals surface area contributed by atoms with Crippen molar-refractivity contribution in [3.8, 4) is 5.75 Å². The second-order valence-corrected chi connectivity index (χ2v) is 26.8. The highest BCUT2D eigenvalue weighted by Gasteiger charge is 2.59. The molecule has 0 bridgehead atoms. The van der Waals surface area contributed by atoms with E-state index >= 15 is 0 Å². The van der Waals surface area contributed by atoms with Crippen molar-refractivity contribution in [3.05, 3.63) is 75.8 Å². The van der Waals surface area contributed by atoms with E-state index in [-0.39, 0.29) is 11.5 Å². The Morgan fingerprint density at radius 3 is 1.97 bits per heavy atom. The highest BCUT2D eigenvalue weighted by Crippen LogP contribution is 2.68. The zero-order valence-corrected chi connectivity index (χ0v) is 46.5. The maximum Gasteiger partial charge on any atom is 0.530 e. The van der Waals surface area contributed by atoms with Gasteiger partial charge in [0.15, 0.2) is 0 Å². The van der Waals surface area contributed by atoms with Gasteiger partial charge >= 0.3 is 19.8 Å². The minimum Gasteiger partial charge on any atom is -0.481 e. The number of unbranched alkanes of at least 4 members (excludes halogenated alkanes) is 8. The van der Waals surface area contributed by atoms with E-state index in [1.54, 1.807) is 39.8 Å². The fraction of sp³-hybridized carbons (Fsp3) is 0.733. The van der Waals surface area contributed by atoms with Gasteiger partial charge in [-0.15, -0.1) is 0 Å². The average molecular weight is 1010 g/mol. The zero-order valence-electron chi connectivity index (χ0n) is 44.8. The van der Waals surface area contributed by atoms with E-state index in [1.807, 2.05) is 18.2 Å². The molecule has 9 atom stereocenters. The van der Waals surface area contributed by atoms with Crippen molar-refractivity contribution in [2.45, 2.75) is 216 Å². The van der Waals surface area contributed by atoms with Crippen molar-refractivity contribution in [2.24, 2.45) is 57.2 Å². The smallest absolute Gasteiger partial charge is 0.481 e. The van der Waals surface area contributed by atoms with Gasteiger partial charge in [0.25, 0.3) is 0 Å². The van der Waals surface area contributed by atoms with Crippen LogP contribution in [0.15, 0.2) is 54.1 Å². The Morgan fingerprint density at radius 2 is 1.36 bits per heavy atom. The Labute approximate surface area is 428 Å². The Hall–Kier alpha value is -2.64. The van der Waals surface area contributed by atoms with Gasteiger partial charge in [0.2, 0.25) is 0 Å². The largest absolute Gasteiger partial charge is 0.530 e. The summed E-state index contributed by atoms with van der Waals surface area (Å²) in [5.41, 5.74) is 3.33. The topological polar surface area (TPSA) is 119 Å². The van der Waals surface area contributed by atoms with Crippen molar-refractivity contribution in [3.63, 3.8) is 0 Å². The van der Waals surface area contributed by atoms with Gasteiger partial charge < -0.3 is 14.7 Å². The lowest BCUT2D eigenvalue weighted by molar-refractivity contribution is -0.147. The van der Waals surface area contributed by atoms with Crippen molar-refractivity contribution in [1.82, 2.24) is 0 Å². The third-order valence-corrected chi connectivity index (χ3v) is 19.8. The summed E-state index contributed by atoms with van der Waals surface area (Å²) in [5.74, 6) is 3.35. The van der Waals surface area contributed by atoms with Crippen LogP contribution in [0.2, 0.25) is 5.02 Å². The first-order chi connectivity index (χ1) is 33.0. The van der Waals surface area contributed by atoms with Crippen LogP contribution in [0.1, 0.15) is 207 Å². The molecule has 0 aliphatic heterocycles. The van der Waals surface area contributed by atoms with Crippen molar-refractivity contribution < 1.29 is 37.9 Å². The van der Waals surface area contributed by atoms with Gasteiger partial charge in [-0.2, -0.15) is 0 Å². The number of allylic oxidation sites excluding steroid dienone is 1. The molecule has 8 nitrogen and oxygen atoms in total. The number of hydrogen-bond acceptors (Lipinski definition) is 6. The molecule has 4 aliphatic carbocycles. The molecule has 0 aromatic heterocycles. The van der Waals surface area contributed by atoms with Crippen LogP contribution >= 0.6 is 19.4 Å². The minimum atomic E-state index is -3.98. The molecule has 2 aromatic rings. The lowest BCUT2D eigenvalue weighted by Gasteiger charge is -2.58. The van der Waals surface area contributed by atoms with Crippen LogP contribution in [0.3, 0.4) is 0 Å². The molecule has 392 valence electrons. The molecule has 2 N–H and O–H groups in total. The highest BCUT2D eigenvalue weighted by molar-refractivity contribution is 7.49. The highest BCUT2D eigenvalue weighted by atomic mass is 35.5. The van der Waals surface area contributed by atoms with E-state index in [4.69, 9.17) is 25.2 Å². The van der Waals surface area contributed by atoms with E-state index in [9.17, 15) is 24.4 Å². The average Bonchev–Trinajstić information content (AvgIpc) is 3.64. The molecule has 0 spiro atoms. The zero-order chi connectivity index (χ0) is 50.9. The summed E-state index contributed by atoms with van der Waals surface area (Å²) in [6.45, 7) is 19.7. The van der Waals surface area contributed by atoms with Crippen LogP contribution in [0.5, 0.6) is 5.75 Å². The van der Waals surface area contributed by atoms with Crippen LogP contribution in [-0.4, -0.2) is 34.9 Å². The molecule has 4 aliphatic rings. The second-order valence-electron chi connectivity index (χ2n) is 24.9. The third kappa shape index (κ3) is 14.6. The number of aryl methyl sites for hydroxylation is 1. The molecule has 6 unspecified atom stereocenters. The molecule has 0 amide bonds. The predicted molar refractivity (Wildman–Crippen MR) is 285 cm³/mol. The monoisotopic (exact) mass is 1010 g/mol. The molecular weight excluding hydrogens is 915 g/mol. The second kappa shape index (κ2) is 24.6. The molecule has 3 fully saturated rings. The number of fused-ring (bicyclic) bond motifs is 5. The van der Waals surface area contributed by atoms with Crippen molar-refractivity contribution in [2.75, 3.05) is 6.61 Å². The van der Waals surface area contributed by atoms with E-state index in [1.165, 1.54) is 50.5 Å².